The van der Waals surface area contributed by atoms with Gasteiger partial charge >= 0.3 is 0 Å². The SMILES string of the molecule is CN(C)C(=O)c1ccc2c(-c3ccnc(NC4CC4)n3)c(-c3ccc(F)cc3)nn2c1. The third kappa shape index (κ3) is 3.72. The lowest BCUT2D eigenvalue weighted by molar-refractivity contribution is 0.0827. The van der Waals surface area contributed by atoms with E-state index in [2.05, 4.69) is 10.3 Å². The van der Waals surface area contributed by atoms with Gasteiger partial charge in [0.2, 0.25) is 5.95 Å². The molecule has 0 bridgehead atoms. The standard InChI is InChI=1S/C23H21FN6O/c1-29(2)22(31)15-5-10-19-20(18-11-12-25-23(27-18)26-17-8-9-17)21(28-30(19)13-15)14-3-6-16(24)7-4-14/h3-7,10-13,17H,8-9H2,1-2H3,(H,25,26,27). The zero-order chi connectivity index (χ0) is 21.5. The number of amides is 1. The van der Waals surface area contributed by atoms with Gasteiger partial charge in [0, 0.05) is 38.1 Å². The van der Waals surface area contributed by atoms with Gasteiger partial charge in [-0.1, -0.05) is 0 Å². The van der Waals surface area contributed by atoms with Crippen molar-refractivity contribution in [3.05, 3.63) is 66.2 Å². The highest BCUT2D eigenvalue weighted by Gasteiger charge is 2.23. The number of aromatic nitrogens is 4. The molecule has 3 heterocycles. The van der Waals surface area contributed by atoms with Crippen molar-refractivity contribution in [2.45, 2.75) is 18.9 Å². The molecule has 5 rings (SSSR count). The van der Waals surface area contributed by atoms with Gasteiger partial charge in [0.1, 0.15) is 11.5 Å². The molecule has 156 valence electrons. The summed E-state index contributed by atoms with van der Waals surface area (Å²) in [5.41, 5.74) is 4.25. The molecule has 1 aliphatic rings. The van der Waals surface area contributed by atoms with E-state index < -0.39 is 0 Å². The van der Waals surface area contributed by atoms with Crippen LogP contribution in [0.2, 0.25) is 0 Å². The fourth-order valence-corrected chi connectivity index (χ4v) is 3.47. The summed E-state index contributed by atoms with van der Waals surface area (Å²) in [5.74, 6) is 0.148. The van der Waals surface area contributed by atoms with Gasteiger partial charge in [-0.3, -0.25) is 4.79 Å². The number of pyridine rings is 1. The molecule has 1 N–H and O–H groups in total. The van der Waals surface area contributed by atoms with E-state index in [-0.39, 0.29) is 11.7 Å². The molecule has 1 fully saturated rings. The maximum Gasteiger partial charge on any atom is 0.254 e. The molecule has 0 saturated heterocycles. The van der Waals surface area contributed by atoms with Gasteiger partial charge < -0.3 is 10.2 Å². The van der Waals surface area contributed by atoms with Crippen LogP contribution in [-0.2, 0) is 0 Å². The fourth-order valence-electron chi connectivity index (χ4n) is 3.47. The average Bonchev–Trinajstić information content (AvgIpc) is 3.50. The number of anilines is 1. The highest BCUT2D eigenvalue weighted by atomic mass is 19.1. The van der Waals surface area contributed by atoms with Gasteiger partial charge in [0.05, 0.1) is 22.3 Å². The lowest BCUT2D eigenvalue weighted by Crippen LogP contribution is -2.21. The van der Waals surface area contributed by atoms with E-state index in [1.165, 1.54) is 17.0 Å². The zero-order valence-corrected chi connectivity index (χ0v) is 17.2. The number of hydrogen-bond donors (Lipinski definition) is 1. The van der Waals surface area contributed by atoms with E-state index in [1.54, 1.807) is 49.2 Å². The second-order valence-electron chi connectivity index (χ2n) is 7.86. The maximum absolute atomic E-state index is 13.5. The lowest BCUT2D eigenvalue weighted by atomic mass is 10.0. The molecular formula is C23H21FN6O. The van der Waals surface area contributed by atoms with Crippen LogP contribution in [0.1, 0.15) is 23.2 Å². The first-order chi connectivity index (χ1) is 15.0. The summed E-state index contributed by atoms with van der Waals surface area (Å²) in [5, 5.41) is 8.06. The topological polar surface area (TPSA) is 75.4 Å². The van der Waals surface area contributed by atoms with Crippen molar-refractivity contribution in [1.82, 2.24) is 24.5 Å². The van der Waals surface area contributed by atoms with Crippen LogP contribution in [0.5, 0.6) is 0 Å². The number of hydrogen-bond acceptors (Lipinski definition) is 5. The van der Waals surface area contributed by atoms with Gasteiger partial charge in [-0.25, -0.2) is 18.9 Å². The average molecular weight is 416 g/mol. The minimum atomic E-state index is -0.314. The Morgan fingerprint density at radius 1 is 1.13 bits per heavy atom. The Kier molecular flexibility index (Phi) is 4.62. The molecule has 0 radical (unpaired) electrons. The Labute approximate surface area is 178 Å². The van der Waals surface area contributed by atoms with E-state index in [0.717, 1.165) is 29.5 Å². The molecule has 1 saturated carbocycles. The molecule has 4 aromatic rings. The molecular weight excluding hydrogens is 395 g/mol. The number of halogens is 1. The number of nitrogens with one attached hydrogen (secondary N) is 1. The fraction of sp³-hybridized carbons (Fsp3) is 0.217. The van der Waals surface area contributed by atoms with Crippen molar-refractivity contribution in [2.75, 3.05) is 19.4 Å². The van der Waals surface area contributed by atoms with Crippen LogP contribution in [0.25, 0.3) is 28.0 Å². The predicted molar refractivity (Wildman–Crippen MR) is 116 cm³/mol. The molecule has 7 nitrogen and oxygen atoms in total. The van der Waals surface area contributed by atoms with Crippen LogP contribution in [0.15, 0.2) is 54.9 Å². The lowest BCUT2D eigenvalue weighted by Gasteiger charge is -2.10. The second kappa shape index (κ2) is 7.46. The van der Waals surface area contributed by atoms with Crippen LogP contribution >= 0.6 is 0 Å². The maximum atomic E-state index is 13.5. The predicted octanol–water partition coefficient (Wildman–Crippen LogP) is 3.87. The zero-order valence-electron chi connectivity index (χ0n) is 17.2. The monoisotopic (exact) mass is 416 g/mol. The quantitative estimate of drug-likeness (QED) is 0.535. The third-order valence-electron chi connectivity index (χ3n) is 5.22. The summed E-state index contributed by atoms with van der Waals surface area (Å²) >= 11 is 0. The number of fused-ring (bicyclic) bond motifs is 1. The number of rotatable bonds is 5. The van der Waals surface area contributed by atoms with Crippen molar-refractivity contribution < 1.29 is 9.18 Å². The first-order valence-electron chi connectivity index (χ1n) is 10.1. The Morgan fingerprint density at radius 3 is 2.61 bits per heavy atom. The largest absolute Gasteiger partial charge is 0.351 e. The molecule has 3 aromatic heterocycles. The van der Waals surface area contributed by atoms with Crippen LogP contribution in [0.4, 0.5) is 10.3 Å². The molecule has 1 amide bonds. The number of nitrogens with zero attached hydrogens (tertiary/aromatic N) is 5. The summed E-state index contributed by atoms with van der Waals surface area (Å²) in [6.45, 7) is 0. The summed E-state index contributed by atoms with van der Waals surface area (Å²) in [6.07, 6.45) is 5.66. The van der Waals surface area contributed by atoms with E-state index in [9.17, 15) is 9.18 Å². The smallest absolute Gasteiger partial charge is 0.254 e. The van der Waals surface area contributed by atoms with Crippen molar-refractivity contribution in [2.24, 2.45) is 0 Å². The van der Waals surface area contributed by atoms with E-state index in [0.29, 0.717) is 28.9 Å². The highest BCUT2D eigenvalue weighted by molar-refractivity contribution is 5.96. The van der Waals surface area contributed by atoms with Crippen LogP contribution in [0, 0.1) is 5.82 Å². The van der Waals surface area contributed by atoms with E-state index in [1.807, 2.05) is 12.1 Å². The van der Waals surface area contributed by atoms with Crippen LogP contribution in [0.3, 0.4) is 0 Å². The van der Waals surface area contributed by atoms with Crippen molar-refractivity contribution in [1.29, 1.82) is 0 Å². The molecule has 31 heavy (non-hydrogen) atoms. The Hall–Kier alpha value is -3.81. The van der Waals surface area contributed by atoms with E-state index >= 15 is 0 Å². The number of carbonyl (C=O) groups excluding carboxylic acids is 1. The second-order valence-corrected chi connectivity index (χ2v) is 7.86. The van der Waals surface area contributed by atoms with Gasteiger partial charge in [-0.15, -0.1) is 0 Å². The summed E-state index contributed by atoms with van der Waals surface area (Å²) in [7, 11) is 3.42. The molecule has 0 unspecified atom stereocenters. The Morgan fingerprint density at radius 2 is 1.90 bits per heavy atom. The summed E-state index contributed by atoms with van der Waals surface area (Å²) < 4.78 is 15.2. The third-order valence-corrected chi connectivity index (χ3v) is 5.22. The number of carbonyl (C=O) groups is 1. The first kappa shape index (κ1) is 19.2. The minimum absolute atomic E-state index is 0.111. The number of benzene rings is 1. The van der Waals surface area contributed by atoms with Gasteiger partial charge in [-0.2, -0.15) is 5.10 Å². The molecule has 0 aliphatic heterocycles. The minimum Gasteiger partial charge on any atom is -0.351 e. The molecule has 0 atom stereocenters. The van der Waals surface area contributed by atoms with E-state index in [4.69, 9.17) is 10.1 Å². The molecule has 0 spiro atoms. The molecule has 1 aromatic carbocycles. The summed E-state index contributed by atoms with van der Waals surface area (Å²) in [4.78, 5) is 23.0. The summed E-state index contributed by atoms with van der Waals surface area (Å²) in [6, 6.07) is 12.1. The normalized spacial score (nSPS) is 13.4. The Balaban J connectivity index is 1.69. The molecule has 1 aliphatic carbocycles. The van der Waals surface area contributed by atoms with Gasteiger partial charge in [0.15, 0.2) is 0 Å². The van der Waals surface area contributed by atoms with Crippen LogP contribution < -0.4 is 5.32 Å². The van der Waals surface area contributed by atoms with Crippen molar-refractivity contribution in [3.8, 4) is 22.5 Å². The van der Waals surface area contributed by atoms with Gasteiger partial charge in [0.25, 0.3) is 5.91 Å². The highest BCUT2D eigenvalue weighted by Crippen LogP contribution is 2.35. The molecule has 8 heteroatoms. The van der Waals surface area contributed by atoms with Crippen LogP contribution in [-0.4, -0.2) is 50.5 Å². The van der Waals surface area contributed by atoms with Gasteiger partial charge in [-0.05, 0) is 55.3 Å². The van der Waals surface area contributed by atoms with Crippen molar-refractivity contribution >= 4 is 17.4 Å². The first-order valence-corrected chi connectivity index (χ1v) is 10.1. The van der Waals surface area contributed by atoms with Crippen molar-refractivity contribution in [3.63, 3.8) is 0 Å². The Bertz CT molecular complexity index is 1280.